The Balaban J connectivity index is 1.46. The van der Waals surface area contributed by atoms with Crippen LogP contribution in [0.3, 0.4) is 0 Å². The van der Waals surface area contributed by atoms with Crippen molar-refractivity contribution in [1.82, 2.24) is 19.9 Å². The third-order valence-electron chi connectivity index (χ3n) is 8.26. The molecule has 0 N–H and O–H groups in total. The third kappa shape index (κ3) is 5.01. The number of aromatic nitrogens is 4. The molecule has 0 saturated heterocycles. The quantitative estimate of drug-likeness (QED) is 0.198. The minimum absolute atomic E-state index is 0.0619. The molecule has 3 heterocycles. The number of nitrogens with zero attached hydrogens (tertiary/aromatic N) is 4. The number of fused-ring (bicyclic) bond motifs is 4. The summed E-state index contributed by atoms with van der Waals surface area (Å²) in [6.45, 7) is 13.3. The maximum atomic E-state index is 5.26. The molecule has 4 nitrogen and oxygen atoms in total. The number of para-hydroxylation sites is 1. The summed E-state index contributed by atoms with van der Waals surface area (Å²) in [6.07, 6.45) is 0. The summed E-state index contributed by atoms with van der Waals surface area (Å²) in [5.41, 5.74) is 9.93. The Hall–Kier alpha value is -4.96. The SMILES string of the molecule is CC(C)(C)c1ccc2ccc3c(-c4cccc(-c5nc(-c6ccccc6)c6ccccc6n5)c4)cc(C(C)(C)C)nc3c2n1. The van der Waals surface area contributed by atoms with Gasteiger partial charge in [0.1, 0.15) is 0 Å². The van der Waals surface area contributed by atoms with E-state index in [0.717, 1.165) is 72.0 Å². The van der Waals surface area contributed by atoms with E-state index in [0.29, 0.717) is 5.82 Å². The average molecular weight is 573 g/mol. The second-order valence-electron chi connectivity index (χ2n) is 13.6. The zero-order valence-corrected chi connectivity index (χ0v) is 26.2. The molecule has 0 aliphatic carbocycles. The van der Waals surface area contributed by atoms with E-state index in [1.165, 1.54) is 0 Å². The second-order valence-corrected chi connectivity index (χ2v) is 13.6. The maximum Gasteiger partial charge on any atom is 0.160 e. The van der Waals surface area contributed by atoms with Crippen molar-refractivity contribution >= 4 is 32.7 Å². The van der Waals surface area contributed by atoms with Crippen molar-refractivity contribution in [2.45, 2.75) is 52.4 Å². The van der Waals surface area contributed by atoms with Gasteiger partial charge < -0.3 is 0 Å². The van der Waals surface area contributed by atoms with Crippen LogP contribution in [0.4, 0.5) is 0 Å². The lowest BCUT2D eigenvalue weighted by molar-refractivity contribution is 0.570. The van der Waals surface area contributed by atoms with Gasteiger partial charge in [0.05, 0.1) is 22.2 Å². The number of hydrogen-bond donors (Lipinski definition) is 0. The molecule has 0 amide bonds. The van der Waals surface area contributed by atoms with Crippen LogP contribution in [-0.2, 0) is 10.8 Å². The molecule has 4 aromatic carbocycles. The van der Waals surface area contributed by atoms with E-state index in [1.54, 1.807) is 0 Å². The largest absolute Gasteiger partial charge is 0.250 e. The molecular formula is C40H36N4. The van der Waals surface area contributed by atoms with Gasteiger partial charge in [0.25, 0.3) is 0 Å². The van der Waals surface area contributed by atoms with Crippen LogP contribution in [0.25, 0.3) is 66.5 Å². The van der Waals surface area contributed by atoms with E-state index in [4.69, 9.17) is 19.9 Å². The highest BCUT2D eigenvalue weighted by Gasteiger charge is 2.22. The summed E-state index contributed by atoms with van der Waals surface area (Å²) < 4.78 is 0. The molecule has 0 aliphatic rings. The maximum absolute atomic E-state index is 5.26. The van der Waals surface area contributed by atoms with Crippen molar-refractivity contribution < 1.29 is 0 Å². The predicted octanol–water partition coefficient (Wildman–Crippen LogP) is 10.3. The van der Waals surface area contributed by atoms with Gasteiger partial charge in [0.2, 0.25) is 0 Å². The number of benzene rings is 4. The summed E-state index contributed by atoms with van der Waals surface area (Å²) in [5, 5.41) is 3.23. The summed E-state index contributed by atoms with van der Waals surface area (Å²) >= 11 is 0. The van der Waals surface area contributed by atoms with Crippen LogP contribution in [0.1, 0.15) is 52.9 Å². The van der Waals surface area contributed by atoms with Crippen LogP contribution in [0.2, 0.25) is 0 Å². The highest BCUT2D eigenvalue weighted by atomic mass is 14.9. The van der Waals surface area contributed by atoms with Crippen molar-refractivity contribution in [3.8, 4) is 33.8 Å². The van der Waals surface area contributed by atoms with Gasteiger partial charge in [0.15, 0.2) is 5.82 Å². The first-order valence-corrected chi connectivity index (χ1v) is 15.2. The van der Waals surface area contributed by atoms with E-state index in [9.17, 15) is 0 Å². The number of rotatable bonds is 3. The van der Waals surface area contributed by atoms with Gasteiger partial charge in [0, 0.05) is 49.5 Å². The summed E-state index contributed by atoms with van der Waals surface area (Å²) in [7, 11) is 0. The minimum atomic E-state index is -0.142. The standard InChI is InChI=1S/C40H36N4/c1-39(2,3)33-22-20-26-19-21-29-31(24-34(40(4,5)6)43-37(29)36(26)42-33)27-15-12-16-28(23-27)38-41-32-18-11-10-17-30(32)35(44-38)25-13-8-7-9-14-25/h7-24H,1-6H3. The molecule has 0 spiro atoms. The van der Waals surface area contributed by atoms with Crippen molar-refractivity contribution in [2.24, 2.45) is 0 Å². The van der Waals surface area contributed by atoms with E-state index in [2.05, 4.69) is 133 Å². The normalized spacial score (nSPS) is 12.3. The van der Waals surface area contributed by atoms with Gasteiger partial charge in [-0.2, -0.15) is 0 Å². The Morgan fingerprint density at radius 2 is 1.11 bits per heavy atom. The minimum Gasteiger partial charge on any atom is -0.250 e. The molecule has 4 heteroatoms. The highest BCUT2D eigenvalue weighted by Crippen LogP contribution is 2.38. The first-order valence-electron chi connectivity index (χ1n) is 15.2. The van der Waals surface area contributed by atoms with Crippen LogP contribution in [-0.4, -0.2) is 19.9 Å². The monoisotopic (exact) mass is 572 g/mol. The smallest absolute Gasteiger partial charge is 0.160 e. The van der Waals surface area contributed by atoms with Crippen molar-refractivity contribution in [3.63, 3.8) is 0 Å². The summed E-state index contributed by atoms with van der Waals surface area (Å²) in [5.74, 6) is 0.709. The fourth-order valence-corrected chi connectivity index (χ4v) is 5.76. The number of pyridine rings is 2. The van der Waals surface area contributed by atoms with Gasteiger partial charge in [-0.25, -0.2) is 19.9 Å². The average Bonchev–Trinajstić information content (AvgIpc) is 3.03. The molecular weight excluding hydrogens is 536 g/mol. The first kappa shape index (κ1) is 27.8. The lowest BCUT2D eigenvalue weighted by atomic mass is 9.87. The molecule has 0 fully saturated rings. The molecule has 0 unspecified atom stereocenters. The summed E-state index contributed by atoms with van der Waals surface area (Å²) in [6, 6.07) is 38.1. The van der Waals surface area contributed by atoms with Crippen molar-refractivity contribution in [1.29, 1.82) is 0 Å². The molecule has 216 valence electrons. The van der Waals surface area contributed by atoms with Gasteiger partial charge in [-0.1, -0.05) is 126 Å². The molecule has 3 aromatic heterocycles. The van der Waals surface area contributed by atoms with Gasteiger partial charge >= 0.3 is 0 Å². The Kier molecular flexibility index (Phi) is 6.55. The Morgan fingerprint density at radius 3 is 1.89 bits per heavy atom. The molecule has 44 heavy (non-hydrogen) atoms. The van der Waals surface area contributed by atoms with Gasteiger partial charge in [-0.3, -0.25) is 0 Å². The Morgan fingerprint density at radius 1 is 0.455 bits per heavy atom. The zero-order valence-electron chi connectivity index (χ0n) is 26.2. The van der Waals surface area contributed by atoms with Crippen LogP contribution >= 0.6 is 0 Å². The topological polar surface area (TPSA) is 51.6 Å². The molecule has 0 radical (unpaired) electrons. The van der Waals surface area contributed by atoms with Crippen molar-refractivity contribution in [2.75, 3.05) is 0 Å². The zero-order chi connectivity index (χ0) is 30.6. The van der Waals surface area contributed by atoms with Crippen LogP contribution < -0.4 is 0 Å². The van der Waals surface area contributed by atoms with Crippen molar-refractivity contribution in [3.05, 3.63) is 121 Å². The van der Waals surface area contributed by atoms with Crippen LogP contribution in [0.15, 0.2) is 109 Å². The molecule has 7 aromatic rings. The van der Waals surface area contributed by atoms with E-state index >= 15 is 0 Å². The predicted molar refractivity (Wildman–Crippen MR) is 184 cm³/mol. The number of hydrogen-bond acceptors (Lipinski definition) is 4. The van der Waals surface area contributed by atoms with E-state index < -0.39 is 0 Å². The first-order chi connectivity index (χ1) is 21.1. The van der Waals surface area contributed by atoms with Crippen LogP contribution in [0.5, 0.6) is 0 Å². The highest BCUT2D eigenvalue weighted by molar-refractivity contribution is 6.08. The van der Waals surface area contributed by atoms with Crippen LogP contribution in [0, 0.1) is 0 Å². The molecule has 0 atom stereocenters. The lowest BCUT2D eigenvalue weighted by Crippen LogP contribution is -2.15. The van der Waals surface area contributed by atoms with E-state index in [-0.39, 0.29) is 10.8 Å². The third-order valence-corrected chi connectivity index (χ3v) is 8.26. The molecule has 0 aliphatic heterocycles. The Bertz CT molecular complexity index is 2190. The fourth-order valence-electron chi connectivity index (χ4n) is 5.76. The molecule has 0 bridgehead atoms. The lowest BCUT2D eigenvalue weighted by Gasteiger charge is -2.22. The fraction of sp³-hybridized carbons (Fsp3) is 0.200. The van der Waals surface area contributed by atoms with E-state index in [1.807, 2.05) is 18.2 Å². The molecule has 0 saturated carbocycles. The van der Waals surface area contributed by atoms with Gasteiger partial charge in [-0.05, 0) is 35.4 Å². The Labute approximate surface area is 258 Å². The molecule has 7 rings (SSSR count). The second kappa shape index (κ2) is 10.3. The van der Waals surface area contributed by atoms with Gasteiger partial charge in [-0.15, -0.1) is 0 Å². The summed E-state index contributed by atoms with van der Waals surface area (Å²) in [4.78, 5) is 20.6.